The Hall–Kier alpha value is 0.0569. The molecule has 0 aromatic carbocycles. The van der Waals surface area contributed by atoms with Crippen molar-refractivity contribution < 1.29 is 19.7 Å². The molecule has 5 heteroatoms. The Kier molecular flexibility index (Phi) is 15.8. The normalized spacial score (nSPS) is 16.0. The first-order valence-corrected chi connectivity index (χ1v) is 15.1. The van der Waals surface area contributed by atoms with Crippen LogP contribution < -0.4 is 0 Å². The zero-order chi connectivity index (χ0) is 22.3. The maximum atomic E-state index is 10.7. The monoisotopic (exact) mass is 432 g/mol. The highest BCUT2D eigenvalue weighted by Crippen LogP contribution is 2.38. The molecular formula is C24H52O4Si. The molecule has 0 amide bonds. The molecule has 0 saturated heterocycles. The first kappa shape index (κ1) is 29.1. The van der Waals surface area contributed by atoms with E-state index < -0.39 is 20.5 Å². The Morgan fingerprint density at radius 3 is 1.69 bits per heavy atom. The van der Waals surface area contributed by atoms with Gasteiger partial charge in [0.1, 0.15) is 0 Å². The van der Waals surface area contributed by atoms with Crippen LogP contribution in [0, 0.1) is 0 Å². The van der Waals surface area contributed by atoms with Crippen molar-refractivity contribution >= 4 is 8.32 Å². The van der Waals surface area contributed by atoms with E-state index in [1.54, 1.807) is 0 Å². The van der Waals surface area contributed by atoms with E-state index in [2.05, 4.69) is 40.8 Å². The number of hydrogen-bond acceptors (Lipinski definition) is 4. The van der Waals surface area contributed by atoms with Crippen molar-refractivity contribution in [3.63, 3.8) is 0 Å². The Morgan fingerprint density at radius 1 is 0.759 bits per heavy atom. The molecule has 4 nitrogen and oxygen atoms in total. The summed E-state index contributed by atoms with van der Waals surface area (Å²) in [5, 5.41) is 29.5. The lowest BCUT2D eigenvalue weighted by Gasteiger charge is -2.40. The molecule has 176 valence electrons. The van der Waals surface area contributed by atoms with Gasteiger partial charge < -0.3 is 19.7 Å². The second-order valence-corrected chi connectivity index (χ2v) is 15.1. The third kappa shape index (κ3) is 13.9. The maximum Gasteiger partial charge on any atom is 0.192 e. The number of hydrogen-bond donors (Lipinski definition) is 3. The number of aliphatic hydroxyl groups is 3. The van der Waals surface area contributed by atoms with Crippen molar-refractivity contribution in [1.29, 1.82) is 0 Å². The van der Waals surface area contributed by atoms with Crippen LogP contribution in [-0.2, 0) is 4.43 Å². The SMILES string of the molecule is CCCCCCCCCCCC[C@H](O[Si](C)(C)C(C)(C)C)[C@@H](O)CC[C@H](O)CO. The molecule has 0 aromatic heterocycles. The van der Waals surface area contributed by atoms with Crippen LogP contribution >= 0.6 is 0 Å². The molecular weight excluding hydrogens is 380 g/mol. The van der Waals surface area contributed by atoms with Gasteiger partial charge in [-0.25, -0.2) is 0 Å². The molecule has 0 radical (unpaired) electrons. The first-order chi connectivity index (χ1) is 13.5. The summed E-state index contributed by atoms with van der Waals surface area (Å²) in [6.45, 7) is 13.1. The molecule has 0 aliphatic heterocycles. The zero-order valence-electron chi connectivity index (χ0n) is 20.4. The standard InChI is InChI=1S/C24H52O4Si/c1-7-8-9-10-11-12-13-14-15-16-17-23(22(27)19-18-21(26)20-25)28-29(5,6)24(2,3)4/h21-23,25-27H,7-20H2,1-6H3/t21-,22-,23-/m0/s1. The minimum Gasteiger partial charge on any atom is -0.411 e. The van der Waals surface area contributed by atoms with Crippen molar-refractivity contribution in [2.75, 3.05) is 6.61 Å². The molecule has 0 unspecified atom stereocenters. The fourth-order valence-corrected chi connectivity index (χ4v) is 4.74. The molecule has 3 atom stereocenters. The van der Waals surface area contributed by atoms with Gasteiger partial charge in [0.2, 0.25) is 0 Å². The van der Waals surface area contributed by atoms with Gasteiger partial charge in [0.05, 0.1) is 24.9 Å². The van der Waals surface area contributed by atoms with Crippen LogP contribution in [0.4, 0.5) is 0 Å². The number of unbranched alkanes of at least 4 members (excludes halogenated alkanes) is 9. The van der Waals surface area contributed by atoms with Crippen molar-refractivity contribution in [2.24, 2.45) is 0 Å². The van der Waals surface area contributed by atoms with Gasteiger partial charge in [-0.15, -0.1) is 0 Å². The molecule has 0 heterocycles. The predicted molar refractivity (Wildman–Crippen MR) is 127 cm³/mol. The highest BCUT2D eigenvalue weighted by molar-refractivity contribution is 6.74. The number of rotatable bonds is 18. The summed E-state index contributed by atoms with van der Waals surface area (Å²) in [6.07, 6.45) is 13.2. The molecule has 0 aliphatic carbocycles. The van der Waals surface area contributed by atoms with E-state index in [9.17, 15) is 10.2 Å². The van der Waals surface area contributed by atoms with Crippen LogP contribution in [-0.4, -0.2) is 48.6 Å². The molecule has 0 rings (SSSR count). The Balaban J connectivity index is 4.38. The van der Waals surface area contributed by atoms with Gasteiger partial charge in [0, 0.05) is 0 Å². The van der Waals surface area contributed by atoms with E-state index in [0.29, 0.717) is 12.8 Å². The molecule has 0 saturated carbocycles. The summed E-state index contributed by atoms with van der Waals surface area (Å²) in [6, 6.07) is 0. The van der Waals surface area contributed by atoms with Crippen molar-refractivity contribution in [3.05, 3.63) is 0 Å². The molecule has 0 fully saturated rings. The van der Waals surface area contributed by atoms with Crippen molar-refractivity contribution in [2.45, 2.75) is 148 Å². The zero-order valence-corrected chi connectivity index (χ0v) is 21.4. The van der Waals surface area contributed by atoms with Gasteiger partial charge in [-0.1, -0.05) is 91.9 Å². The summed E-state index contributed by atoms with van der Waals surface area (Å²) < 4.78 is 6.56. The highest BCUT2D eigenvalue weighted by atomic mass is 28.4. The van der Waals surface area contributed by atoms with Gasteiger partial charge in [0.15, 0.2) is 8.32 Å². The maximum absolute atomic E-state index is 10.7. The van der Waals surface area contributed by atoms with Crippen LogP contribution in [0.15, 0.2) is 0 Å². The molecule has 29 heavy (non-hydrogen) atoms. The summed E-state index contributed by atoms with van der Waals surface area (Å²) in [5.41, 5.74) is 0. The quantitative estimate of drug-likeness (QED) is 0.179. The Bertz CT molecular complexity index is 382. The second kappa shape index (κ2) is 15.8. The van der Waals surface area contributed by atoms with E-state index >= 15 is 0 Å². The minimum absolute atomic E-state index is 0.105. The van der Waals surface area contributed by atoms with E-state index in [-0.39, 0.29) is 17.7 Å². The molecule has 0 aromatic rings. The van der Waals surface area contributed by atoms with Gasteiger partial charge >= 0.3 is 0 Å². The summed E-state index contributed by atoms with van der Waals surface area (Å²) >= 11 is 0. The van der Waals surface area contributed by atoms with Gasteiger partial charge in [-0.2, -0.15) is 0 Å². The predicted octanol–water partition coefficient (Wildman–Crippen LogP) is 6.18. The van der Waals surface area contributed by atoms with E-state index in [1.165, 1.54) is 57.8 Å². The van der Waals surface area contributed by atoms with Gasteiger partial charge in [0.25, 0.3) is 0 Å². The van der Waals surface area contributed by atoms with Crippen LogP contribution in [0.25, 0.3) is 0 Å². The fraction of sp³-hybridized carbons (Fsp3) is 1.00. The second-order valence-electron chi connectivity index (χ2n) is 10.4. The molecule has 3 N–H and O–H groups in total. The van der Waals surface area contributed by atoms with Crippen LogP contribution in [0.1, 0.15) is 111 Å². The van der Waals surface area contributed by atoms with Crippen LogP contribution in [0.3, 0.4) is 0 Å². The third-order valence-electron chi connectivity index (χ3n) is 6.53. The summed E-state index contributed by atoms with van der Waals surface area (Å²) in [5.74, 6) is 0. The van der Waals surface area contributed by atoms with Crippen LogP contribution in [0.5, 0.6) is 0 Å². The lowest BCUT2D eigenvalue weighted by atomic mass is 10.00. The fourth-order valence-electron chi connectivity index (χ4n) is 3.36. The van der Waals surface area contributed by atoms with Gasteiger partial charge in [-0.3, -0.25) is 0 Å². The van der Waals surface area contributed by atoms with Gasteiger partial charge in [-0.05, 0) is 37.4 Å². The Morgan fingerprint density at radius 2 is 1.24 bits per heavy atom. The average Bonchev–Trinajstić information content (AvgIpc) is 2.65. The van der Waals surface area contributed by atoms with E-state index in [1.807, 2.05) is 0 Å². The van der Waals surface area contributed by atoms with Crippen molar-refractivity contribution in [1.82, 2.24) is 0 Å². The smallest absolute Gasteiger partial charge is 0.192 e. The molecule has 0 spiro atoms. The topological polar surface area (TPSA) is 69.9 Å². The van der Waals surface area contributed by atoms with Crippen LogP contribution in [0.2, 0.25) is 18.1 Å². The first-order valence-electron chi connectivity index (χ1n) is 12.2. The van der Waals surface area contributed by atoms with E-state index in [4.69, 9.17) is 9.53 Å². The highest BCUT2D eigenvalue weighted by Gasteiger charge is 2.40. The molecule has 0 bridgehead atoms. The lowest BCUT2D eigenvalue weighted by Crippen LogP contribution is -2.47. The third-order valence-corrected chi connectivity index (χ3v) is 11.0. The van der Waals surface area contributed by atoms with E-state index in [0.717, 1.165) is 12.8 Å². The largest absolute Gasteiger partial charge is 0.411 e. The molecule has 0 aliphatic rings. The minimum atomic E-state index is -1.96. The Labute approximate surface area is 182 Å². The summed E-state index contributed by atoms with van der Waals surface area (Å²) in [4.78, 5) is 0. The average molecular weight is 433 g/mol. The lowest BCUT2D eigenvalue weighted by molar-refractivity contribution is 0.00209. The number of aliphatic hydroxyl groups excluding tert-OH is 3. The summed E-state index contributed by atoms with van der Waals surface area (Å²) in [7, 11) is -1.96. The van der Waals surface area contributed by atoms with Crippen molar-refractivity contribution in [3.8, 4) is 0 Å².